The fourth-order valence-corrected chi connectivity index (χ4v) is 10.9. The molecule has 5 nitrogen and oxygen atoms in total. The molecule has 0 amide bonds. The van der Waals surface area contributed by atoms with Gasteiger partial charge in [0.2, 0.25) is 0 Å². The van der Waals surface area contributed by atoms with E-state index >= 15 is 0 Å². The highest BCUT2D eigenvalue weighted by atomic mass is 16.5. The molecule has 0 radical (unpaired) electrons. The van der Waals surface area contributed by atoms with E-state index in [1.807, 2.05) is 19.9 Å². The van der Waals surface area contributed by atoms with Crippen LogP contribution in [0, 0.1) is 67.5 Å². The number of hydrogen-bond acceptors (Lipinski definition) is 5. The van der Waals surface area contributed by atoms with E-state index in [0.717, 1.165) is 44.9 Å². The van der Waals surface area contributed by atoms with Gasteiger partial charge in [0.1, 0.15) is 11.9 Å². The summed E-state index contributed by atoms with van der Waals surface area (Å²) in [4.78, 5) is 41.0. The minimum atomic E-state index is -0.628. The lowest BCUT2D eigenvalue weighted by atomic mass is 9.31. The zero-order chi connectivity index (χ0) is 27.4. The van der Waals surface area contributed by atoms with E-state index in [0.29, 0.717) is 6.42 Å². The molecule has 0 aromatic carbocycles. The summed E-state index contributed by atoms with van der Waals surface area (Å²) in [5.41, 5.74) is -1.63. The van der Waals surface area contributed by atoms with Gasteiger partial charge in [-0.2, -0.15) is 5.26 Å². The first-order valence-corrected chi connectivity index (χ1v) is 14.3. The van der Waals surface area contributed by atoms with Crippen molar-refractivity contribution < 1.29 is 19.1 Å². The van der Waals surface area contributed by atoms with Crippen molar-refractivity contribution in [2.75, 3.05) is 7.11 Å². The molecule has 5 aliphatic carbocycles. The van der Waals surface area contributed by atoms with Crippen molar-refractivity contribution >= 4 is 17.5 Å². The van der Waals surface area contributed by atoms with E-state index in [1.165, 1.54) is 7.11 Å². The van der Waals surface area contributed by atoms with Crippen LogP contribution in [0.1, 0.15) is 99.8 Å². The van der Waals surface area contributed by atoms with Crippen molar-refractivity contribution in [2.45, 2.75) is 99.8 Å². The third-order valence-electron chi connectivity index (χ3n) is 13.1. The number of Topliss-reactive ketones (excluding diaryl/α,β-unsaturated/α-hetero) is 2. The van der Waals surface area contributed by atoms with Crippen molar-refractivity contribution in [1.29, 1.82) is 5.26 Å². The lowest BCUT2D eigenvalue weighted by Gasteiger charge is -2.71. The number of ether oxygens (including phenoxy) is 1. The van der Waals surface area contributed by atoms with Gasteiger partial charge in [-0.1, -0.05) is 54.5 Å². The third kappa shape index (κ3) is 3.17. The molecule has 5 heteroatoms. The second-order valence-corrected chi connectivity index (χ2v) is 15.3. The highest BCUT2D eigenvalue weighted by molar-refractivity contribution is 6.04. The monoisotopic (exact) mass is 507 g/mol. The molecule has 4 fully saturated rings. The van der Waals surface area contributed by atoms with E-state index in [4.69, 9.17) is 4.74 Å². The Morgan fingerprint density at radius 2 is 1.59 bits per heavy atom. The lowest BCUT2D eigenvalue weighted by Crippen LogP contribution is -2.69. The summed E-state index contributed by atoms with van der Waals surface area (Å²) >= 11 is 0. The molecule has 0 aromatic heterocycles. The number of hydrogen-bond donors (Lipinski definition) is 0. The van der Waals surface area contributed by atoms with Crippen LogP contribution in [0.2, 0.25) is 0 Å². The van der Waals surface area contributed by atoms with Gasteiger partial charge in [0.05, 0.1) is 18.1 Å². The molecule has 0 spiro atoms. The van der Waals surface area contributed by atoms with E-state index in [2.05, 4.69) is 40.7 Å². The zero-order valence-electron chi connectivity index (χ0n) is 24.1. The number of allylic oxidation sites excluding steroid dienone is 2. The molecule has 0 aromatic rings. The van der Waals surface area contributed by atoms with Gasteiger partial charge in [0, 0.05) is 17.8 Å². The first-order chi connectivity index (χ1) is 17.0. The van der Waals surface area contributed by atoms with Crippen LogP contribution in [0.15, 0.2) is 11.6 Å². The molecule has 202 valence electrons. The fraction of sp³-hybridized carbons (Fsp3) is 0.812. The van der Waals surface area contributed by atoms with Crippen LogP contribution in [-0.2, 0) is 19.1 Å². The maximum Gasteiger partial charge on any atom is 0.312 e. The molecule has 37 heavy (non-hydrogen) atoms. The van der Waals surface area contributed by atoms with Gasteiger partial charge in [-0.15, -0.1) is 0 Å². The number of nitriles is 1. The predicted octanol–water partition coefficient (Wildman–Crippen LogP) is 6.46. The number of fused-ring (bicyclic) bond motifs is 7. The Labute approximate surface area is 222 Å². The van der Waals surface area contributed by atoms with Crippen LogP contribution in [0.25, 0.3) is 0 Å². The summed E-state index contributed by atoms with van der Waals surface area (Å²) in [6, 6.07) is 2.20. The minimum Gasteiger partial charge on any atom is -0.469 e. The third-order valence-corrected chi connectivity index (χ3v) is 13.1. The number of ketones is 2. The molecule has 0 bridgehead atoms. The van der Waals surface area contributed by atoms with Gasteiger partial charge in [-0.25, -0.2) is 0 Å². The lowest BCUT2D eigenvalue weighted by molar-refractivity contribution is -0.226. The summed E-state index contributed by atoms with van der Waals surface area (Å²) in [6.45, 7) is 15.5. The van der Waals surface area contributed by atoms with Crippen LogP contribution < -0.4 is 0 Å². The second-order valence-electron chi connectivity index (χ2n) is 15.3. The number of rotatable bonds is 1. The van der Waals surface area contributed by atoms with Gasteiger partial charge in [-0.3, -0.25) is 14.4 Å². The summed E-state index contributed by atoms with van der Waals surface area (Å²) in [5.74, 6) is 0.0839. The van der Waals surface area contributed by atoms with Gasteiger partial charge < -0.3 is 4.74 Å². The highest BCUT2D eigenvalue weighted by Gasteiger charge is 2.73. The number of carbonyl (C=O) groups excluding carboxylic acids is 3. The van der Waals surface area contributed by atoms with Crippen LogP contribution >= 0.6 is 0 Å². The van der Waals surface area contributed by atoms with Crippen molar-refractivity contribution in [1.82, 2.24) is 0 Å². The van der Waals surface area contributed by atoms with Gasteiger partial charge >= 0.3 is 5.97 Å². The Kier molecular flexibility index (Phi) is 5.61. The van der Waals surface area contributed by atoms with Crippen LogP contribution in [0.5, 0.6) is 0 Å². The van der Waals surface area contributed by atoms with Crippen LogP contribution in [-0.4, -0.2) is 24.6 Å². The Morgan fingerprint density at radius 3 is 2.22 bits per heavy atom. The SMILES string of the molecule is COC(=O)[C@]12CCC(C)(C)C[C@@H]1[C@H]1C(=O)C[C@@H]3[C@@]4(C)C=C(C#N)C(=O)C(C)(C)[C@@H]4CC[C@@]3(C)[C@]1(C)CC2. The summed E-state index contributed by atoms with van der Waals surface area (Å²) in [5, 5.41) is 9.88. The fourth-order valence-electron chi connectivity index (χ4n) is 10.9. The predicted molar refractivity (Wildman–Crippen MR) is 141 cm³/mol. The standard InChI is InChI=1S/C32H45NO4/c1-27(2)11-13-32(26(36)37-8)14-12-31(7)24(20(32)17-27)21(34)15-23-29(5)16-19(18-33)25(35)28(3,4)22(29)9-10-30(23,31)6/h16,20,22-24H,9-15,17H2,1-8H3/t20-,22+,23-,24+,29+,30-,31-,32+/m1/s1. The molecule has 0 heterocycles. The van der Waals surface area contributed by atoms with Crippen molar-refractivity contribution in [3.63, 3.8) is 0 Å². The van der Waals surface area contributed by atoms with Crippen molar-refractivity contribution in [3.05, 3.63) is 11.6 Å². The second kappa shape index (κ2) is 7.80. The van der Waals surface area contributed by atoms with Gasteiger partial charge in [0.25, 0.3) is 0 Å². The zero-order valence-corrected chi connectivity index (χ0v) is 24.1. The maximum absolute atomic E-state index is 14.4. The summed E-state index contributed by atoms with van der Waals surface area (Å²) in [7, 11) is 1.50. The topological polar surface area (TPSA) is 84.2 Å². The molecular formula is C32H45NO4. The van der Waals surface area contributed by atoms with Crippen LogP contribution in [0.4, 0.5) is 0 Å². The quantitative estimate of drug-likeness (QED) is 0.380. The largest absolute Gasteiger partial charge is 0.469 e. The average Bonchev–Trinajstić information content (AvgIpc) is 2.82. The molecule has 5 rings (SSSR count). The molecule has 4 saturated carbocycles. The highest BCUT2D eigenvalue weighted by Crippen LogP contribution is 2.75. The number of nitrogens with zero attached hydrogens (tertiary/aromatic N) is 1. The molecule has 5 aliphatic rings. The van der Waals surface area contributed by atoms with E-state index in [-0.39, 0.29) is 63.0 Å². The molecule has 0 saturated heterocycles. The van der Waals surface area contributed by atoms with Crippen LogP contribution in [0.3, 0.4) is 0 Å². The first-order valence-electron chi connectivity index (χ1n) is 14.3. The number of carbonyl (C=O) groups is 3. The Balaban J connectivity index is 1.65. The molecule has 8 atom stereocenters. The van der Waals surface area contributed by atoms with E-state index in [1.54, 1.807) is 0 Å². The molecular weight excluding hydrogens is 462 g/mol. The Bertz CT molecular complexity index is 1140. The molecule has 0 aliphatic heterocycles. The Morgan fingerprint density at radius 1 is 0.946 bits per heavy atom. The van der Waals surface area contributed by atoms with Crippen molar-refractivity contribution in [3.8, 4) is 6.07 Å². The number of methoxy groups -OCH3 is 1. The average molecular weight is 508 g/mol. The van der Waals surface area contributed by atoms with Crippen molar-refractivity contribution in [2.24, 2.45) is 56.2 Å². The summed E-state index contributed by atoms with van der Waals surface area (Å²) in [6.07, 6.45) is 8.52. The Hall–Kier alpha value is -1.96. The van der Waals surface area contributed by atoms with Gasteiger partial charge in [-0.05, 0) is 84.4 Å². The molecule has 0 N–H and O–H groups in total. The summed E-state index contributed by atoms with van der Waals surface area (Å²) < 4.78 is 5.42. The van der Waals surface area contributed by atoms with E-state index < -0.39 is 16.2 Å². The smallest absolute Gasteiger partial charge is 0.312 e. The first kappa shape index (κ1) is 26.6. The maximum atomic E-state index is 14.4. The molecule has 0 unspecified atom stereocenters. The van der Waals surface area contributed by atoms with Gasteiger partial charge in [0.15, 0.2) is 5.78 Å². The normalized spacial score (nSPS) is 47.8. The van der Waals surface area contributed by atoms with E-state index in [9.17, 15) is 19.6 Å². The minimum absolute atomic E-state index is 0.00663. The number of esters is 1.